The molecule has 3 N–H and O–H groups in total. The fraction of sp³-hybridized carbons (Fsp3) is 0.617. The van der Waals surface area contributed by atoms with Gasteiger partial charge in [0.05, 0.1) is 56.2 Å². The second-order valence-electron chi connectivity index (χ2n) is 17.9. The van der Waals surface area contributed by atoms with E-state index in [4.69, 9.17) is 14.2 Å². The molecular weight excluding hydrogens is 765 g/mol. The normalized spacial score (nSPS) is 20.5. The summed E-state index contributed by atoms with van der Waals surface area (Å²) in [4.78, 5) is 86.6. The molecule has 0 spiro atoms. The molecule has 3 fully saturated rings. The van der Waals surface area contributed by atoms with Crippen LogP contribution in [0.3, 0.4) is 0 Å². The summed E-state index contributed by atoms with van der Waals surface area (Å²) >= 11 is 0. The molecule has 3 aliphatic rings. The summed E-state index contributed by atoms with van der Waals surface area (Å²) in [5.74, 6) is -4.87. The van der Waals surface area contributed by atoms with Crippen LogP contribution >= 0.6 is 0 Å². The molecule has 5 rings (SSSR count). The van der Waals surface area contributed by atoms with Crippen molar-refractivity contribution in [3.63, 3.8) is 0 Å². The van der Waals surface area contributed by atoms with Gasteiger partial charge in [-0.25, -0.2) is 0 Å². The zero-order valence-corrected chi connectivity index (χ0v) is 36.1. The SMILES string of the molecule is CC(C)CC(C(=O)N[C@@H](Cc1ccccc1)C(=O)N[C@@H](CC(C)C)C(=O)[C@@]1(C)CO1)C(COC(=O)C1CCC1)C(=O)[C@H](CCc1ccccc1)NC(=O)CN1CCOCC1. The number of carbonyl (C=O) groups is 6. The van der Waals surface area contributed by atoms with Gasteiger partial charge in [0.1, 0.15) is 18.2 Å². The van der Waals surface area contributed by atoms with E-state index in [1.165, 1.54) is 0 Å². The van der Waals surface area contributed by atoms with Crippen molar-refractivity contribution < 1.29 is 43.0 Å². The summed E-state index contributed by atoms with van der Waals surface area (Å²) in [5, 5.41) is 8.94. The highest BCUT2D eigenvalue weighted by molar-refractivity contribution is 5.99. The number of amides is 3. The van der Waals surface area contributed by atoms with Crippen LogP contribution in [0.15, 0.2) is 60.7 Å². The second-order valence-corrected chi connectivity index (χ2v) is 17.9. The number of nitrogens with one attached hydrogen (secondary N) is 3. The zero-order chi connectivity index (χ0) is 43.2. The molecule has 2 aliphatic heterocycles. The standard InChI is InChI=1S/C47H66N4O9/c1-31(2)25-36(44(55)50-40(27-34-15-10-7-11-16-34)45(56)49-39(26-32(3)4)43(54)47(5)30-60-47)37(29-59-46(57)35-17-12-18-35)42(53)38(20-19-33-13-8-6-9-14-33)48-41(52)28-51-21-23-58-24-22-51/h6-11,13-16,31-32,35-40H,12,17-30H2,1-5H3,(H,48,52)(H,49,56)(H,50,55)/t36?,37?,38-,39-,40-,47+/m0/s1. The Hall–Kier alpha value is -4.46. The van der Waals surface area contributed by atoms with Gasteiger partial charge in [-0.05, 0) is 68.4 Å². The minimum Gasteiger partial charge on any atom is -0.465 e. The topological polar surface area (TPSA) is 173 Å². The van der Waals surface area contributed by atoms with Crippen LogP contribution in [-0.4, -0.2) is 110 Å². The van der Waals surface area contributed by atoms with Gasteiger partial charge in [0.2, 0.25) is 17.7 Å². The highest BCUT2D eigenvalue weighted by Crippen LogP contribution is 2.31. The molecule has 6 atom stereocenters. The Bertz CT molecular complexity index is 1740. The molecule has 2 heterocycles. The van der Waals surface area contributed by atoms with Crippen molar-refractivity contribution in [2.24, 2.45) is 29.6 Å². The van der Waals surface area contributed by atoms with Crippen LogP contribution in [0.4, 0.5) is 0 Å². The van der Waals surface area contributed by atoms with Crippen LogP contribution in [0.25, 0.3) is 0 Å². The van der Waals surface area contributed by atoms with Crippen molar-refractivity contribution in [3.8, 4) is 0 Å². The summed E-state index contributed by atoms with van der Waals surface area (Å²) in [6.07, 6.45) is 3.79. The number of carbonyl (C=O) groups excluding carboxylic acids is 6. The molecular formula is C47H66N4O9. The smallest absolute Gasteiger partial charge is 0.308 e. The van der Waals surface area contributed by atoms with E-state index in [2.05, 4.69) is 16.0 Å². The van der Waals surface area contributed by atoms with E-state index in [0.717, 1.165) is 17.5 Å². The molecule has 13 heteroatoms. The highest BCUT2D eigenvalue weighted by Gasteiger charge is 2.50. The molecule has 0 aromatic heterocycles. The lowest BCUT2D eigenvalue weighted by Gasteiger charge is -2.33. The third-order valence-electron chi connectivity index (χ3n) is 11.8. The lowest BCUT2D eigenvalue weighted by molar-refractivity contribution is -0.156. The minimum absolute atomic E-state index is 0.0780. The maximum Gasteiger partial charge on any atom is 0.308 e. The Morgan fingerprint density at radius 1 is 0.767 bits per heavy atom. The van der Waals surface area contributed by atoms with E-state index in [-0.39, 0.29) is 68.5 Å². The number of ketones is 2. The van der Waals surface area contributed by atoms with Gasteiger partial charge in [0, 0.05) is 19.5 Å². The summed E-state index contributed by atoms with van der Waals surface area (Å²) in [5.41, 5.74) is 0.800. The number of aryl methyl sites for hydroxylation is 1. The summed E-state index contributed by atoms with van der Waals surface area (Å²) in [7, 11) is 0. The summed E-state index contributed by atoms with van der Waals surface area (Å²) in [6, 6.07) is 16.0. The third kappa shape index (κ3) is 14.1. The van der Waals surface area contributed by atoms with Crippen LogP contribution in [0.2, 0.25) is 0 Å². The predicted molar refractivity (Wildman–Crippen MR) is 227 cm³/mol. The molecule has 60 heavy (non-hydrogen) atoms. The van der Waals surface area contributed by atoms with Crippen molar-refractivity contribution >= 4 is 35.3 Å². The van der Waals surface area contributed by atoms with E-state index in [1.54, 1.807) is 6.92 Å². The number of ether oxygens (including phenoxy) is 3. The number of benzene rings is 2. The average Bonchev–Trinajstić information content (AvgIpc) is 3.96. The van der Waals surface area contributed by atoms with Gasteiger partial charge in [-0.15, -0.1) is 0 Å². The largest absolute Gasteiger partial charge is 0.465 e. The molecule has 0 bridgehead atoms. The van der Waals surface area contributed by atoms with Gasteiger partial charge < -0.3 is 30.2 Å². The van der Waals surface area contributed by atoms with E-state index in [0.29, 0.717) is 52.0 Å². The molecule has 1 aliphatic carbocycles. The maximum atomic E-state index is 15.1. The van der Waals surface area contributed by atoms with Gasteiger partial charge in [0.15, 0.2) is 11.6 Å². The van der Waals surface area contributed by atoms with E-state index < -0.39 is 59.1 Å². The molecule has 13 nitrogen and oxygen atoms in total. The number of esters is 1. The molecule has 3 amide bonds. The van der Waals surface area contributed by atoms with Crippen molar-refractivity contribution in [2.45, 2.75) is 110 Å². The van der Waals surface area contributed by atoms with Crippen LogP contribution in [0, 0.1) is 29.6 Å². The van der Waals surface area contributed by atoms with Crippen LogP contribution in [-0.2, 0) is 55.8 Å². The first-order valence-electron chi connectivity index (χ1n) is 21.9. The van der Waals surface area contributed by atoms with Crippen molar-refractivity contribution in [2.75, 3.05) is 46.1 Å². The van der Waals surface area contributed by atoms with Gasteiger partial charge in [-0.3, -0.25) is 33.7 Å². The Balaban J connectivity index is 1.45. The fourth-order valence-electron chi connectivity index (χ4n) is 7.93. The lowest BCUT2D eigenvalue weighted by Crippen LogP contribution is -2.56. The highest BCUT2D eigenvalue weighted by atomic mass is 16.6. The van der Waals surface area contributed by atoms with Crippen LogP contribution in [0.1, 0.15) is 84.3 Å². The van der Waals surface area contributed by atoms with Gasteiger partial charge in [-0.1, -0.05) is 94.8 Å². The Labute approximate surface area is 355 Å². The molecule has 328 valence electrons. The predicted octanol–water partition coefficient (Wildman–Crippen LogP) is 4.24. The quantitative estimate of drug-likeness (QED) is 0.103. The number of hydrogen-bond acceptors (Lipinski definition) is 10. The van der Waals surface area contributed by atoms with Crippen LogP contribution < -0.4 is 16.0 Å². The Morgan fingerprint density at radius 3 is 1.93 bits per heavy atom. The first-order chi connectivity index (χ1) is 28.7. The number of Topliss-reactive ketones (excluding diaryl/α,β-unsaturated/α-hetero) is 2. The van der Waals surface area contributed by atoms with Gasteiger partial charge in [0.25, 0.3) is 0 Å². The number of rotatable bonds is 24. The summed E-state index contributed by atoms with van der Waals surface area (Å²) < 4.78 is 16.8. The molecule has 2 aromatic carbocycles. The number of nitrogens with zero attached hydrogens (tertiary/aromatic N) is 1. The first kappa shape index (κ1) is 46.6. The summed E-state index contributed by atoms with van der Waals surface area (Å²) in [6.45, 7) is 11.7. The molecule has 2 unspecified atom stereocenters. The lowest BCUT2D eigenvalue weighted by atomic mass is 9.79. The zero-order valence-electron chi connectivity index (χ0n) is 36.1. The van der Waals surface area contributed by atoms with Crippen LogP contribution in [0.5, 0.6) is 0 Å². The number of morpholine rings is 1. The van der Waals surface area contributed by atoms with Crippen molar-refractivity contribution in [3.05, 3.63) is 71.8 Å². The maximum absolute atomic E-state index is 15.1. The second kappa shape index (κ2) is 22.4. The Kier molecular flexibility index (Phi) is 17.4. The molecule has 2 aromatic rings. The van der Waals surface area contributed by atoms with Crippen molar-refractivity contribution in [1.82, 2.24) is 20.9 Å². The average molecular weight is 831 g/mol. The van der Waals surface area contributed by atoms with Gasteiger partial charge in [-0.2, -0.15) is 0 Å². The molecule has 2 saturated heterocycles. The molecule has 1 saturated carbocycles. The number of epoxide rings is 1. The first-order valence-corrected chi connectivity index (χ1v) is 21.9. The Morgan fingerprint density at radius 2 is 1.37 bits per heavy atom. The monoisotopic (exact) mass is 830 g/mol. The third-order valence-corrected chi connectivity index (χ3v) is 11.8. The molecule has 0 radical (unpaired) electrons. The number of hydrogen-bond donors (Lipinski definition) is 3. The van der Waals surface area contributed by atoms with E-state index in [9.17, 15) is 24.0 Å². The van der Waals surface area contributed by atoms with E-state index >= 15 is 4.79 Å². The fourth-order valence-corrected chi connectivity index (χ4v) is 7.93. The van der Waals surface area contributed by atoms with E-state index in [1.807, 2.05) is 93.3 Å². The minimum atomic E-state index is -1.14. The van der Waals surface area contributed by atoms with Gasteiger partial charge >= 0.3 is 5.97 Å². The van der Waals surface area contributed by atoms with Crippen molar-refractivity contribution in [1.29, 1.82) is 0 Å².